The fraction of sp³-hybridized carbons (Fsp3) is 0.348. The zero-order valence-electron chi connectivity index (χ0n) is 18.4. The minimum atomic E-state index is -5.31. The number of phenols is 1. The summed E-state index contributed by atoms with van der Waals surface area (Å²) in [6.45, 7) is 4.43. The molecule has 1 aliphatic rings. The van der Waals surface area contributed by atoms with Crippen LogP contribution in [-0.4, -0.2) is 39.9 Å². The number of hydrogen-bond acceptors (Lipinski definition) is 6. The Hall–Kier alpha value is -2.92. The molecule has 3 rings (SSSR count). The number of hydrogen-bond donors (Lipinski definition) is 3. The van der Waals surface area contributed by atoms with Crippen molar-refractivity contribution in [3.63, 3.8) is 0 Å². The number of benzene rings is 2. The number of aliphatic hydroxyl groups is 1. The number of nitrogens with zero attached hydrogens (tertiary/aromatic N) is 1. The van der Waals surface area contributed by atoms with Gasteiger partial charge < -0.3 is 20.4 Å². The molecule has 0 saturated heterocycles. The lowest BCUT2D eigenvalue weighted by Crippen LogP contribution is -2.57. The molecule has 0 spiro atoms. The van der Waals surface area contributed by atoms with Crippen LogP contribution in [0, 0.1) is 0 Å². The van der Waals surface area contributed by atoms with Crippen LogP contribution >= 0.6 is 15.9 Å². The van der Waals surface area contributed by atoms with E-state index < -0.39 is 35.6 Å². The van der Waals surface area contributed by atoms with Crippen molar-refractivity contribution in [3.8, 4) is 5.75 Å². The molecule has 2 unspecified atom stereocenters. The molecule has 0 radical (unpaired) electrons. The number of alkyl halides is 3. The van der Waals surface area contributed by atoms with Gasteiger partial charge in [-0.15, -0.1) is 0 Å². The van der Waals surface area contributed by atoms with Gasteiger partial charge in [0.25, 0.3) is 5.91 Å². The number of oxime groups is 1. The van der Waals surface area contributed by atoms with E-state index in [9.17, 15) is 33.0 Å². The number of aldehydes is 1. The molecule has 0 aromatic heterocycles. The molecule has 11 heteroatoms. The molecule has 1 heterocycles. The Bertz CT molecular complexity index is 1170. The third-order valence-electron chi connectivity index (χ3n) is 5.68. The van der Waals surface area contributed by atoms with Gasteiger partial charge in [0, 0.05) is 23.2 Å². The molecule has 3 N–H and O–H groups in total. The zero-order chi connectivity index (χ0) is 25.5. The van der Waals surface area contributed by atoms with Gasteiger partial charge >= 0.3 is 6.18 Å². The molecular formula is C23H22BrF3N2O5. The van der Waals surface area contributed by atoms with Crippen molar-refractivity contribution in [2.45, 2.75) is 50.5 Å². The van der Waals surface area contributed by atoms with Crippen molar-refractivity contribution >= 4 is 39.5 Å². The van der Waals surface area contributed by atoms with Crippen LogP contribution in [0.5, 0.6) is 5.75 Å². The summed E-state index contributed by atoms with van der Waals surface area (Å²) in [5.74, 6) is -1.85. The second-order valence-electron chi connectivity index (χ2n) is 8.65. The molecule has 1 aliphatic heterocycles. The van der Waals surface area contributed by atoms with Gasteiger partial charge in [-0.2, -0.15) is 13.2 Å². The van der Waals surface area contributed by atoms with Crippen molar-refractivity contribution in [3.05, 3.63) is 57.6 Å². The normalized spacial score (nSPS) is 17.6. The maximum absolute atomic E-state index is 14.1. The van der Waals surface area contributed by atoms with Crippen molar-refractivity contribution in [2.75, 3.05) is 5.32 Å². The van der Waals surface area contributed by atoms with Gasteiger partial charge in [0.1, 0.15) is 5.75 Å². The first-order chi connectivity index (χ1) is 15.7. The summed E-state index contributed by atoms with van der Waals surface area (Å²) in [6, 6.07) is 8.41. The smallest absolute Gasteiger partial charge is 0.426 e. The summed E-state index contributed by atoms with van der Waals surface area (Å²) in [7, 11) is 0. The van der Waals surface area contributed by atoms with Crippen molar-refractivity contribution in [2.24, 2.45) is 5.16 Å². The van der Waals surface area contributed by atoms with E-state index in [1.54, 1.807) is 6.92 Å². The molecule has 2 aromatic carbocycles. The molecule has 0 aliphatic carbocycles. The lowest BCUT2D eigenvalue weighted by Gasteiger charge is -2.37. The number of amides is 1. The van der Waals surface area contributed by atoms with Crippen LogP contribution < -0.4 is 5.32 Å². The highest BCUT2D eigenvalue weighted by Crippen LogP contribution is 2.45. The number of carbonyl (C=O) groups is 2. The third kappa shape index (κ3) is 4.67. The van der Waals surface area contributed by atoms with Gasteiger partial charge in [-0.05, 0) is 52.0 Å². The molecular weight excluding hydrogens is 521 g/mol. The summed E-state index contributed by atoms with van der Waals surface area (Å²) in [5.41, 5.74) is -3.65. The minimum absolute atomic E-state index is 0.0242. The maximum atomic E-state index is 14.1. The lowest BCUT2D eigenvalue weighted by molar-refractivity contribution is -0.254. The molecule has 2 atom stereocenters. The summed E-state index contributed by atoms with van der Waals surface area (Å²) < 4.78 is 42.4. The third-order valence-corrected chi connectivity index (χ3v) is 6.52. The van der Waals surface area contributed by atoms with E-state index in [0.717, 1.165) is 0 Å². The van der Waals surface area contributed by atoms with Crippen LogP contribution in [0.3, 0.4) is 0 Å². The number of fused-ring (bicyclic) bond motifs is 1. The molecule has 0 saturated carbocycles. The highest BCUT2D eigenvalue weighted by atomic mass is 79.9. The molecule has 34 heavy (non-hydrogen) atoms. The zero-order valence-corrected chi connectivity index (χ0v) is 20.0. The van der Waals surface area contributed by atoms with Gasteiger partial charge in [0.05, 0.1) is 10.2 Å². The first-order valence-electron chi connectivity index (χ1n) is 10.1. The number of phenolic OH excluding ortho intramolecular Hbond substituents is 1. The van der Waals surface area contributed by atoms with E-state index in [2.05, 4.69) is 26.4 Å². The first kappa shape index (κ1) is 25.7. The molecule has 1 amide bonds. The van der Waals surface area contributed by atoms with Gasteiger partial charge in [0.15, 0.2) is 6.29 Å². The van der Waals surface area contributed by atoms with Gasteiger partial charge in [0.2, 0.25) is 11.7 Å². The van der Waals surface area contributed by atoms with E-state index in [-0.39, 0.29) is 21.5 Å². The van der Waals surface area contributed by atoms with E-state index >= 15 is 0 Å². The van der Waals surface area contributed by atoms with E-state index in [4.69, 9.17) is 4.84 Å². The lowest BCUT2D eigenvalue weighted by atomic mass is 9.74. The SMILES string of the molecule is CC1=NOC(C=O)c2ccc(NC(=O)C(O)(CC(C)(C)c3cccc(O)c3Br)C(F)(F)F)cc21. The van der Waals surface area contributed by atoms with E-state index in [0.29, 0.717) is 23.1 Å². The minimum Gasteiger partial charge on any atom is -0.507 e. The summed E-state index contributed by atoms with van der Waals surface area (Å²) in [6.07, 6.45) is -6.78. The summed E-state index contributed by atoms with van der Waals surface area (Å²) >= 11 is 3.16. The quantitative estimate of drug-likeness (QED) is 0.456. The Morgan fingerprint density at radius 1 is 1.26 bits per heavy atom. The number of rotatable bonds is 6. The van der Waals surface area contributed by atoms with Crippen LogP contribution in [0.2, 0.25) is 0 Å². The summed E-state index contributed by atoms with van der Waals surface area (Å²) in [5, 5.41) is 26.5. The Balaban J connectivity index is 1.95. The van der Waals surface area contributed by atoms with Crippen LogP contribution in [0.1, 0.15) is 50.0 Å². The fourth-order valence-corrected chi connectivity index (χ4v) is 4.66. The second-order valence-corrected chi connectivity index (χ2v) is 9.45. The molecule has 182 valence electrons. The van der Waals surface area contributed by atoms with Gasteiger partial charge in [-0.25, -0.2) is 0 Å². The Kier molecular flexibility index (Phi) is 6.82. The first-order valence-corrected chi connectivity index (χ1v) is 10.9. The maximum Gasteiger partial charge on any atom is 0.426 e. The van der Waals surface area contributed by atoms with Crippen molar-refractivity contribution < 1.29 is 37.8 Å². The Morgan fingerprint density at radius 2 is 1.94 bits per heavy atom. The van der Waals surface area contributed by atoms with Crippen LogP contribution in [0.4, 0.5) is 18.9 Å². The predicted octanol–water partition coefficient (Wildman–Crippen LogP) is 4.75. The van der Waals surface area contributed by atoms with E-state index in [1.165, 1.54) is 50.2 Å². The second kappa shape index (κ2) is 9.03. The van der Waals surface area contributed by atoms with Crippen LogP contribution in [-0.2, 0) is 19.8 Å². The number of anilines is 1. The average molecular weight is 543 g/mol. The monoisotopic (exact) mass is 542 g/mol. The number of aromatic hydroxyl groups is 1. The molecule has 7 nitrogen and oxygen atoms in total. The Labute approximate surface area is 201 Å². The van der Waals surface area contributed by atoms with Gasteiger partial charge in [-0.1, -0.05) is 37.2 Å². The van der Waals surface area contributed by atoms with Gasteiger partial charge in [-0.3, -0.25) is 9.59 Å². The molecule has 2 aromatic rings. The highest BCUT2D eigenvalue weighted by molar-refractivity contribution is 9.10. The Morgan fingerprint density at radius 3 is 2.56 bits per heavy atom. The van der Waals surface area contributed by atoms with E-state index in [1.807, 2.05) is 0 Å². The molecule has 0 bridgehead atoms. The van der Waals surface area contributed by atoms with Crippen molar-refractivity contribution in [1.82, 2.24) is 0 Å². The fourth-order valence-electron chi connectivity index (χ4n) is 3.86. The van der Waals surface area contributed by atoms with Crippen LogP contribution in [0.15, 0.2) is 46.0 Å². The number of nitrogens with one attached hydrogen (secondary N) is 1. The largest absolute Gasteiger partial charge is 0.507 e. The molecule has 0 fully saturated rings. The highest BCUT2D eigenvalue weighted by Gasteiger charge is 2.61. The topological polar surface area (TPSA) is 108 Å². The van der Waals surface area contributed by atoms with Crippen molar-refractivity contribution in [1.29, 1.82) is 0 Å². The standard InChI is InChI=1S/C23H22BrF3N2O5/c1-12-15-9-13(7-8-14(15)18(10-30)34-29-12)28-20(32)22(33,23(25,26)27)11-21(2,3)16-5-4-6-17(31)19(16)24/h4-10,18,31,33H,11H2,1-3H3,(H,28,32). The number of carbonyl (C=O) groups excluding carboxylic acids is 2. The predicted molar refractivity (Wildman–Crippen MR) is 122 cm³/mol. The van der Waals surface area contributed by atoms with Crippen LogP contribution in [0.25, 0.3) is 0 Å². The average Bonchev–Trinajstić information content (AvgIpc) is 2.75. The summed E-state index contributed by atoms with van der Waals surface area (Å²) in [4.78, 5) is 29.1. The number of halogens is 4.